The molecule has 1 saturated carbocycles. The molecule has 9 heteroatoms. The molecule has 1 aliphatic carbocycles. The summed E-state index contributed by atoms with van der Waals surface area (Å²) in [5.41, 5.74) is 0.466. The van der Waals surface area contributed by atoms with Crippen LogP contribution in [-0.2, 0) is 9.53 Å². The lowest BCUT2D eigenvalue weighted by molar-refractivity contribution is -0.147. The van der Waals surface area contributed by atoms with E-state index in [1.807, 2.05) is 12.1 Å². The number of allylic oxidation sites excluding steroid dienone is 1. The van der Waals surface area contributed by atoms with Gasteiger partial charge in [-0.15, -0.1) is 0 Å². The lowest BCUT2D eigenvalue weighted by Gasteiger charge is -2.37. The number of carbonyl (C=O) groups excluding carboxylic acids is 2. The van der Waals surface area contributed by atoms with Gasteiger partial charge in [-0.05, 0) is 68.4 Å². The Hall–Kier alpha value is -3.38. The number of anilines is 1. The zero-order valence-electron chi connectivity index (χ0n) is 18.4. The van der Waals surface area contributed by atoms with Crippen LogP contribution in [-0.4, -0.2) is 60.1 Å². The van der Waals surface area contributed by atoms with Crippen molar-refractivity contribution < 1.29 is 14.3 Å². The minimum Gasteiger partial charge on any atom is -0.381 e. The Balaban J connectivity index is 1.24. The van der Waals surface area contributed by atoms with Crippen molar-refractivity contribution in [1.82, 2.24) is 15.3 Å². The van der Waals surface area contributed by atoms with E-state index in [1.165, 1.54) is 0 Å². The summed E-state index contributed by atoms with van der Waals surface area (Å²) in [4.78, 5) is 30.2. The number of benzene rings is 1. The second-order valence-electron chi connectivity index (χ2n) is 9.01. The summed E-state index contributed by atoms with van der Waals surface area (Å²) < 4.78 is 5.34. The van der Waals surface area contributed by atoms with E-state index in [0.29, 0.717) is 31.7 Å². The number of nitrogens with one attached hydrogen (secondary N) is 2. The van der Waals surface area contributed by atoms with Crippen LogP contribution in [0.5, 0.6) is 0 Å². The van der Waals surface area contributed by atoms with Gasteiger partial charge in [0.25, 0.3) is 11.8 Å². The van der Waals surface area contributed by atoms with Crippen LogP contribution in [0.25, 0.3) is 0 Å². The molecule has 1 unspecified atom stereocenters. The van der Waals surface area contributed by atoms with E-state index in [4.69, 9.17) is 4.74 Å². The molecule has 1 aromatic carbocycles. The predicted molar refractivity (Wildman–Crippen MR) is 122 cm³/mol. The van der Waals surface area contributed by atoms with Gasteiger partial charge in [0, 0.05) is 49.5 Å². The highest BCUT2D eigenvalue weighted by Gasteiger charge is 2.58. The Kier molecular flexibility index (Phi) is 5.77. The van der Waals surface area contributed by atoms with E-state index < -0.39 is 11.7 Å². The quantitative estimate of drug-likeness (QED) is 0.691. The number of amides is 2. The molecule has 0 spiro atoms. The summed E-state index contributed by atoms with van der Waals surface area (Å²) in [5.74, 6) is -0.0611. The van der Waals surface area contributed by atoms with Gasteiger partial charge < -0.3 is 15.4 Å². The lowest BCUT2D eigenvalue weighted by Crippen LogP contribution is -2.51. The Morgan fingerprint density at radius 1 is 1.18 bits per heavy atom. The number of aliphatic imine (C=N–C) groups is 1. The average molecular weight is 449 g/mol. The van der Waals surface area contributed by atoms with E-state index in [-0.39, 0.29) is 23.8 Å². The SMILES string of the molecule is N#C[C@@]1(C2CC2)CCN(N2C=CC=NC2Nc2ccc(C(=O)NC3CCOCC3)cc2)C1=O. The number of ether oxygens (including phenoxy) is 1. The van der Waals surface area contributed by atoms with Crippen molar-refractivity contribution in [2.45, 2.75) is 44.4 Å². The second kappa shape index (κ2) is 8.87. The summed E-state index contributed by atoms with van der Waals surface area (Å²) in [6.45, 7) is 1.85. The Morgan fingerprint density at radius 3 is 2.64 bits per heavy atom. The van der Waals surface area contributed by atoms with Crippen molar-refractivity contribution in [2.75, 3.05) is 25.1 Å². The van der Waals surface area contributed by atoms with Crippen molar-refractivity contribution in [1.29, 1.82) is 5.26 Å². The highest BCUT2D eigenvalue weighted by Crippen LogP contribution is 2.51. The first-order chi connectivity index (χ1) is 16.1. The van der Waals surface area contributed by atoms with Crippen molar-refractivity contribution in [3.63, 3.8) is 0 Å². The molecular formula is C24H28N6O3. The summed E-state index contributed by atoms with van der Waals surface area (Å²) >= 11 is 0. The molecule has 0 bridgehead atoms. The fourth-order valence-electron chi connectivity index (χ4n) is 4.79. The molecule has 9 nitrogen and oxygen atoms in total. The van der Waals surface area contributed by atoms with Gasteiger partial charge in [-0.2, -0.15) is 5.26 Å². The molecule has 2 N–H and O–H groups in total. The summed E-state index contributed by atoms with van der Waals surface area (Å²) in [5, 5.41) is 19.6. The molecule has 0 aromatic heterocycles. The Labute approximate surface area is 193 Å². The molecule has 2 atom stereocenters. The van der Waals surface area contributed by atoms with Crippen LogP contribution in [0, 0.1) is 22.7 Å². The van der Waals surface area contributed by atoms with Gasteiger partial charge >= 0.3 is 0 Å². The van der Waals surface area contributed by atoms with Crippen LogP contribution in [0.4, 0.5) is 5.69 Å². The van der Waals surface area contributed by atoms with Gasteiger partial charge in [0.05, 0.1) is 6.07 Å². The molecular weight excluding hydrogens is 420 g/mol. The van der Waals surface area contributed by atoms with E-state index in [9.17, 15) is 14.9 Å². The molecule has 2 amide bonds. The summed E-state index contributed by atoms with van der Waals surface area (Å²) in [6.07, 6.45) is 8.84. The van der Waals surface area contributed by atoms with Gasteiger partial charge in [0.2, 0.25) is 6.29 Å². The Morgan fingerprint density at radius 2 is 1.94 bits per heavy atom. The van der Waals surface area contributed by atoms with Crippen LogP contribution in [0.15, 0.2) is 41.5 Å². The Bertz CT molecular complexity index is 1010. The van der Waals surface area contributed by atoms with Crippen molar-refractivity contribution >= 4 is 23.7 Å². The third-order valence-corrected chi connectivity index (χ3v) is 6.89. The van der Waals surface area contributed by atoms with E-state index in [1.54, 1.807) is 40.6 Å². The third kappa shape index (κ3) is 4.18. The first-order valence-electron chi connectivity index (χ1n) is 11.6. The monoisotopic (exact) mass is 448 g/mol. The van der Waals surface area contributed by atoms with Crippen molar-refractivity contribution in [3.05, 3.63) is 42.1 Å². The number of rotatable bonds is 6. The van der Waals surface area contributed by atoms with Crippen LogP contribution in [0.1, 0.15) is 42.5 Å². The molecule has 33 heavy (non-hydrogen) atoms. The molecule has 5 rings (SSSR count). The van der Waals surface area contributed by atoms with Gasteiger partial charge in [-0.25, -0.2) is 15.0 Å². The average Bonchev–Trinajstić information content (AvgIpc) is 3.65. The van der Waals surface area contributed by atoms with Crippen LogP contribution >= 0.6 is 0 Å². The normalized spacial score (nSPS) is 27.5. The second-order valence-corrected chi connectivity index (χ2v) is 9.01. The lowest BCUT2D eigenvalue weighted by atomic mass is 9.83. The highest BCUT2D eigenvalue weighted by molar-refractivity contribution is 5.94. The standard InChI is InChI=1S/C24H28N6O3/c25-16-24(18-4-5-18)10-13-29(22(24)32)30-12-1-11-26-23(30)28-19-6-2-17(3-7-19)21(31)27-20-8-14-33-15-9-20/h1-3,6-7,11-12,18,20,23,28H,4-5,8-10,13-15H2,(H,27,31)/t23?,24-/m1/s1. The first kappa shape index (κ1) is 21.5. The molecule has 3 fully saturated rings. The topological polar surface area (TPSA) is 110 Å². The third-order valence-electron chi connectivity index (χ3n) is 6.89. The van der Waals surface area contributed by atoms with Crippen LogP contribution in [0.3, 0.4) is 0 Å². The van der Waals surface area contributed by atoms with E-state index in [2.05, 4.69) is 21.7 Å². The minimum atomic E-state index is -0.904. The molecule has 1 aromatic rings. The van der Waals surface area contributed by atoms with Crippen molar-refractivity contribution in [2.24, 2.45) is 16.3 Å². The molecule has 0 radical (unpaired) electrons. The zero-order chi connectivity index (χ0) is 22.8. The number of hydrazine groups is 1. The highest BCUT2D eigenvalue weighted by atomic mass is 16.5. The van der Waals surface area contributed by atoms with Gasteiger partial charge in [0.15, 0.2) is 0 Å². The first-order valence-corrected chi connectivity index (χ1v) is 11.6. The van der Waals surface area contributed by atoms with Crippen LogP contribution in [0.2, 0.25) is 0 Å². The van der Waals surface area contributed by atoms with E-state index >= 15 is 0 Å². The zero-order valence-corrected chi connectivity index (χ0v) is 18.4. The molecule has 4 aliphatic rings. The van der Waals surface area contributed by atoms with Crippen LogP contribution < -0.4 is 10.6 Å². The predicted octanol–water partition coefficient (Wildman–Crippen LogP) is 2.26. The molecule has 2 saturated heterocycles. The maximum absolute atomic E-state index is 13.2. The van der Waals surface area contributed by atoms with Gasteiger partial charge in [-0.3, -0.25) is 9.59 Å². The minimum absolute atomic E-state index is 0.0933. The number of hydrogen-bond donors (Lipinski definition) is 2. The van der Waals surface area contributed by atoms with Gasteiger partial charge in [0.1, 0.15) is 5.41 Å². The maximum Gasteiger partial charge on any atom is 0.262 e. The number of carbonyl (C=O) groups is 2. The smallest absolute Gasteiger partial charge is 0.262 e. The largest absolute Gasteiger partial charge is 0.381 e. The molecule has 3 heterocycles. The van der Waals surface area contributed by atoms with E-state index in [0.717, 1.165) is 31.4 Å². The maximum atomic E-state index is 13.2. The number of nitrogens with zero attached hydrogens (tertiary/aromatic N) is 4. The summed E-state index contributed by atoms with van der Waals surface area (Å²) in [6, 6.07) is 9.69. The summed E-state index contributed by atoms with van der Waals surface area (Å²) in [7, 11) is 0. The molecule has 3 aliphatic heterocycles. The fraction of sp³-hybridized carbons (Fsp3) is 0.500. The van der Waals surface area contributed by atoms with Gasteiger partial charge in [-0.1, -0.05) is 0 Å². The number of nitriles is 1. The fourth-order valence-corrected chi connectivity index (χ4v) is 4.79. The van der Waals surface area contributed by atoms with Crippen molar-refractivity contribution in [3.8, 4) is 6.07 Å². The number of hydrogen-bond acceptors (Lipinski definition) is 7. The molecule has 172 valence electrons.